The maximum atomic E-state index is 13.3. The Morgan fingerprint density at radius 2 is 2.14 bits per heavy atom. The van der Waals surface area contributed by atoms with Crippen molar-refractivity contribution in [1.82, 2.24) is 5.32 Å². The molecule has 9 heteroatoms. The first-order chi connectivity index (χ1) is 13.2. The largest absolute Gasteiger partial charge is 0.504 e. The number of carbonyl (C=O) groups excluding carboxylic acids is 1. The van der Waals surface area contributed by atoms with Crippen LogP contribution in [0, 0.1) is 0 Å². The van der Waals surface area contributed by atoms with E-state index < -0.39 is 26.4 Å². The highest BCUT2D eigenvalue weighted by Crippen LogP contribution is 2.43. The van der Waals surface area contributed by atoms with E-state index in [2.05, 4.69) is 16.7 Å². The van der Waals surface area contributed by atoms with Gasteiger partial charge in [-0.05, 0) is 51.7 Å². The number of hydrogen-bond acceptors (Lipinski definition) is 5. The van der Waals surface area contributed by atoms with E-state index in [0.29, 0.717) is 19.4 Å². The van der Waals surface area contributed by atoms with Crippen LogP contribution in [0.15, 0.2) is 28.7 Å². The van der Waals surface area contributed by atoms with Gasteiger partial charge in [-0.3, -0.25) is 0 Å². The minimum absolute atomic E-state index is 0.0135. The molecule has 1 aliphatic heterocycles. The maximum absolute atomic E-state index is 13.3. The quantitative estimate of drug-likeness (QED) is 0.501. The minimum atomic E-state index is -4.00. The zero-order valence-electron chi connectivity index (χ0n) is 15.9. The molecule has 0 saturated carbocycles. The molecule has 0 spiro atoms. The van der Waals surface area contributed by atoms with Crippen LogP contribution in [-0.4, -0.2) is 43.6 Å². The smallest absolute Gasteiger partial charge is 0.319 e. The Kier molecular flexibility index (Phi) is 5.93. The molecule has 1 heterocycles. The van der Waals surface area contributed by atoms with E-state index in [9.17, 15) is 18.3 Å². The standard InChI is InChI=1S/C19H25ClN2O5S/c1-12-5-3-6-14(12)21-18(24)22-15-8-7-13(20)17(16(15)23)28(25,26)19(2)9-4-10-27-11-19/h5,7-8,14,23H,3-4,6,9-11H2,1-2H3,(H2,21,22,24)/t14-,19?/m1/s1. The SMILES string of the molecule is CC1=CCC[C@H]1NC(=O)Nc1ccc(Cl)c(S(=O)(=O)C2(C)CCCOC2)c1O. The first-order valence-electron chi connectivity index (χ1n) is 9.24. The van der Waals surface area contributed by atoms with Gasteiger partial charge < -0.3 is 20.5 Å². The number of aromatic hydroxyl groups is 1. The molecule has 3 N–H and O–H groups in total. The van der Waals surface area contributed by atoms with Crippen molar-refractivity contribution in [1.29, 1.82) is 0 Å². The van der Waals surface area contributed by atoms with E-state index >= 15 is 0 Å². The number of carbonyl (C=O) groups is 1. The number of urea groups is 1. The summed E-state index contributed by atoms with van der Waals surface area (Å²) in [5.41, 5.74) is 1.06. The number of ether oxygens (including phenoxy) is 1. The summed E-state index contributed by atoms with van der Waals surface area (Å²) in [4.78, 5) is 11.9. The van der Waals surface area contributed by atoms with Crippen molar-refractivity contribution >= 4 is 33.2 Å². The summed E-state index contributed by atoms with van der Waals surface area (Å²) in [5.74, 6) is -0.562. The van der Waals surface area contributed by atoms with Crippen molar-refractivity contribution in [3.63, 3.8) is 0 Å². The normalized spacial score (nSPS) is 25.2. The second kappa shape index (κ2) is 7.93. The fourth-order valence-electron chi connectivity index (χ4n) is 3.62. The van der Waals surface area contributed by atoms with Gasteiger partial charge in [-0.25, -0.2) is 13.2 Å². The molecule has 3 rings (SSSR count). The first-order valence-corrected chi connectivity index (χ1v) is 11.1. The Balaban J connectivity index is 1.88. The average molecular weight is 429 g/mol. The van der Waals surface area contributed by atoms with Crippen molar-refractivity contribution in [3.05, 3.63) is 28.8 Å². The second-order valence-corrected chi connectivity index (χ2v) is 10.4. The monoisotopic (exact) mass is 428 g/mol. The lowest BCUT2D eigenvalue weighted by molar-refractivity contribution is 0.0716. The van der Waals surface area contributed by atoms with Crippen molar-refractivity contribution in [3.8, 4) is 5.75 Å². The van der Waals surface area contributed by atoms with E-state index in [1.54, 1.807) is 6.92 Å². The molecular weight excluding hydrogens is 404 g/mol. The van der Waals surface area contributed by atoms with Gasteiger partial charge in [0, 0.05) is 6.61 Å². The summed E-state index contributed by atoms with van der Waals surface area (Å²) in [6.07, 6.45) is 4.76. The number of anilines is 1. The summed E-state index contributed by atoms with van der Waals surface area (Å²) >= 11 is 6.14. The molecule has 28 heavy (non-hydrogen) atoms. The van der Waals surface area contributed by atoms with Crippen LogP contribution in [-0.2, 0) is 14.6 Å². The molecule has 1 aliphatic carbocycles. The first kappa shape index (κ1) is 21.0. The van der Waals surface area contributed by atoms with E-state index in [-0.39, 0.29) is 28.3 Å². The molecule has 154 valence electrons. The Hall–Kier alpha value is -1.77. The maximum Gasteiger partial charge on any atom is 0.319 e. The summed E-state index contributed by atoms with van der Waals surface area (Å²) in [7, 11) is -4.00. The topological polar surface area (TPSA) is 105 Å². The number of halogens is 1. The van der Waals surface area contributed by atoms with Crippen molar-refractivity contribution in [2.75, 3.05) is 18.5 Å². The molecule has 2 amide bonds. The number of phenols is 1. The van der Waals surface area contributed by atoms with Crippen LogP contribution in [0.3, 0.4) is 0 Å². The second-order valence-electron chi connectivity index (χ2n) is 7.56. The summed E-state index contributed by atoms with van der Waals surface area (Å²) in [6.45, 7) is 4.05. The van der Waals surface area contributed by atoms with Crippen LogP contribution in [0.2, 0.25) is 5.02 Å². The van der Waals surface area contributed by atoms with Crippen molar-refractivity contribution in [2.45, 2.75) is 55.2 Å². The lowest BCUT2D eigenvalue weighted by Gasteiger charge is -2.33. The highest BCUT2D eigenvalue weighted by Gasteiger charge is 2.44. The molecule has 0 bridgehead atoms. The van der Waals surface area contributed by atoms with E-state index in [1.807, 2.05) is 6.92 Å². The van der Waals surface area contributed by atoms with Gasteiger partial charge in [0.05, 0.1) is 28.1 Å². The lowest BCUT2D eigenvalue weighted by atomic mass is 10.0. The van der Waals surface area contributed by atoms with Gasteiger partial charge >= 0.3 is 6.03 Å². The number of phenolic OH excluding ortho intramolecular Hbond substituents is 1. The van der Waals surface area contributed by atoms with E-state index in [4.69, 9.17) is 16.3 Å². The molecule has 2 aliphatic rings. The van der Waals surface area contributed by atoms with Crippen LogP contribution in [0.5, 0.6) is 5.75 Å². The van der Waals surface area contributed by atoms with E-state index in [1.165, 1.54) is 12.1 Å². The van der Waals surface area contributed by atoms with Crippen LogP contribution in [0.1, 0.15) is 39.5 Å². The molecule has 1 unspecified atom stereocenters. The van der Waals surface area contributed by atoms with Crippen LogP contribution in [0.4, 0.5) is 10.5 Å². The summed E-state index contributed by atoms with van der Waals surface area (Å²) in [6, 6.07) is 2.15. The Bertz CT molecular complexity index is 907. The van der Waals surface area contributed by atoms with E-state index in [0.717, 1.165) is 18.4 Å². The average Bonchev–Trinajstić information content (AvgIpc) is 3.02. The number of sulfone groups is 1. The molecule has 2 atom stereocenters. The predicted octanol–water partition coefficient (Wildman–Crippen LogP) is 3.62. The number of allylic oxidation sites excluding steroid dienone is 1. The third-order valence-electron chi connectivity index (χ3n) is 5.43. The molecule has 7 nitrogen and oxygen atoms in total. The zero-order chi connectivity index (χ0) is 20.5. The molecule has 0 aromatic heterocycles. The Morgan fingerprint density at radius 3 is 2.75 bits per heavy atom. The molecular formula is C19H25ClN2O5S. The third kappa shape index (κ3) is 3.86. The predicted molar refractivity (Wildman–Crippen MR) is 108 cm³/mol. The number of benzene rings is 1. The summed E-state index contributed by atoms with van der Waals surface area (Å²) < 4.78 is 30.7. The summed E-state index contributed by atoms with van der Waals surface area (Å²) in [5, 5.41) is 15.9. The highest BCUT2D eigenvalue weighted by molar-refractivity contribution is 7.93. The fraction of sp³-hybridized carbons (Fsp3) is 0.526. The van der Waals surface area contributed by atoms with Gasteiger partial charge in [-0.15, -0.1) is 0 Å². The van der Waals surface area contributed by atoms with Crippen molar-refractivity contribution in [2.24, 2.45) is 0 Å². The van der Waals surface area contributed by atoms with Gasteiger partial charge in [0.15, 0.2) is 15.6 Å². The van der Waals surface area contributed by atoms with Gasteiger partial charge in [0.25, 0.3) is 0 Å². The zero-order valence-corrected chi connectivity index (χ0v) is 17.5. The van der Waals surface area contributed by atoms with Gasteiger partial charge in [0.1, 0.15) is 4.90 Å². The van der Waals surface area contributed by atoms with Gasteiger partial charge in [-0.2, -0.15) is 0 Å². The van der Waals surface area contributed by atoms with Crippen LogP contribution < -0.4 is 10.6 Å². The molecule has 1 fully saturated rings. The number of hydrogen-bond donors (Lipinski definition) is 3. The molecule has 0 radical (unpaired) electrons. The Labute approximate surface area is 170 Å². The molecule has 1 aromatic rings. The highest BCUT2D eigenvalue weighted by atomic mass is 35.5. The fourth-order valence-corrected chi connectivity index (χ4v) is 5.91. The van der Waals surface area contributed by atoms with Gasteiger partial charge in [-0.1, -0.05) is 23.3 Å². The van der Waals surface area contributed by atoms with Crippen LogP contribution in [0.25, 0.3) is 0 Å². The molecule has 1 saturated heterocycles. The lowest BCUT2D eigenvalue weighted by Crippen LogP contribution is -2.43. The molecule has 1 aromatic carbocycles. The number of amides is 2. The Morgan fingerprint density at radius 1 is 1.39 bits per heavy atom. The van der Waals surface area contributed by atoms with Crippen molar-refractivity contribution < 1.29 is 23.1 Å². The van der Waals surface area contributed by atoms with Crippen LogP contribution >= 0.6 is 11.6 Å². The minimum Gasteiger partial charge on any atom is -0.504 e. The van der Waals surface area contributed by atoms with Gasteiger partial charge in [0.2, 0.25) is 0 Å². The number of rotatable bonds is 4. The number of nitrogens with one attached hydrogen (secondary N) is 2. The third-order valence-corrected chi connectivity index (χ3v) is 8.42.